The van der Waals surface area contributed by atoms with E-state index in [-0.39, 0.29) is 6.61 Å². The molecule has 0 spiro atoms. The van der Waals surface area contributed by atoms with Gasteiger partial charge in [0.15, 0.2) is 0 Å². The number of hydrogen-bond acceptors (Lipinski definition) is 3. The lowest BCUT2D eigenvalue weighted by molar-refractivity contribution is 0.289. The zero-order chi connectivity index (χ0) is 17.6. The number of ether oxygens (including phenoxy) is 1. The summed E-state index contributed by atoms with van der Waals surface area (Å²) in [7, 11) is 0. The van der Waals surface area contributed by atoms with Gasteiger partial charge in [-0.3, -0.25) is 0 Å². The normalized spacial score (nSPS) is 11.4. The summed E-state index contributed by atoms with van der Waals surface area (Å²) in [4.78, 5) is 4.63. The topological polar surface area (TPSA) is 47.3 Å². The molecule has 1 N–H and O–H groups in total. The molecule has 1 aromatic heterocycles. The number of hydrogen-bond donors (Lipinski definition) is 1. The molecule has 0 aliphatic heterocycles. The summed E-state index contributed by atoms with van der Waals surface area (Å²) in [6.07, 6.45) is 1.47. The number of aliphatic hydroxyl groups is 1. The van der Waals surface area contributed by atoms with Crippen molar-refractivity contribution >= 4 is 11.0 Å². The van der Waals surface area contributed by atoms with Crippen LogP contribution in [0.1, 0.15) is 37.6 Å². The molecule has 0 amide bonds. The number of aromatic nitrogens is 2. The predicted octanol–water partition coefficient (Wildman–Crippen LogP) is 4.16. The lowest BCUT2D eigenvalue weighted by Gasteiger charge is -2.11. The molecule has 0 fully saturated rings. The van der Waals surface area contributed by atoms with E-state index >= 15 is 0 Å². The summed E-state index contributed by atoms with van der Waals surface area (Å²) >= 11 is 0. The number of aliphatic hydroxyl groups excluding tert-OH is 1. The van der Waals surface area contributed by atoms with Crippen LogP contribution in [0.4, 0.5) is 0 Å². The molecule has 0 saturated carbocycles. The van der Waals surface area contributed by atoms with Crippen LogP contribution < -0.4 is 4.74 Å². The van der Waals surface area contributed by atoms with Crippen LogP contribution in [0.25, 0.3) is 11.0 Å². The van der Waals surface area contributed by atoms with E-state index in [0.29, 0.717) is 18.9 Å². The molecule has 4 heteroatoms. The van der Waals surface area contributed by atoms with Gasteiger partial charge < -0.3 is 14.4 Å². The molecule has 0 aliphatic carbocycles. The van der Waals surface area contributed by atoms with Crippen LogP contribution in [0.2, 0.25) is 0 Å². The zero-order valence-electron chi connectivity index (χ0n) is 15.0. The van der Waals surface area contributed by atoms with Crippen molar-refractivity contribution < 1.29 is 9.84 Å². The molecule has 0 atom stereocenters. The van der Waals surface area contributed by atoms with Crippen LogP contribution in [0.5, 0.6) is 5.75 Å². The minimum atomic E-state index is 0.113. The van der Waals surface area contributed by atoms with Gasteiger partial charge in [-0.2, -0.15) is 0 Å². The Balaban J connectivity index is 1.60. The first-order valence-electron chi connectivity index (χ1n) is 8.97. The molecule has 0 radical (unpaired) electrons. The maximum Gasteiger partial charge on any atom is 0.119 e. The van der Waals surface area contributed by atoms with Crippen LogP contribution in [0.3, 0.4) is 0 Å². The Morgan fingerprint density at radius 3 is 2.56 bits per heavy atom. The SMILES string of the molecule is CC(C)c1ccc(OCCCn2c(CCO)nc3ccccc32)cc1. The van der Waals surface area contributed by atoms with Crippen LogP contribution in [0, 0.1) is 0 Å². The van der Waals surface area contributed by atoms with E-state index in [2.05, 4.69) is 41.6 Å². The van der Waals surface area contributed by atoms with Gasteiger partial charge in [0.1, 0.15) is 11.6 Å². The smallest absolute Gasteiger partial charge is 0.119 e. The van der Waals surface area contributed by atoms with Crippen LogP contribution >= 0.6 is 0 Å². The molecule has 132 valence electrons. The molecular weight excluding hydrogens is 312 g/mol. The summed E-state index contributed by atoms with van der Waals surface area (Å²) in [5.74, 6) is 2.38. The summed E-state index contributed by atoms with van der Waals surface area (Å²) in [5.41, 5.74) is 3.43. The van der Waals surface area contributed by atoms with Gasteiger partial charge in [0, 0.05) is 13.0 Å². The maximum absolute atomic E-state index is 9.27. The Kier molecular flexibility index (Phi) is 5.71. The molecule has 0 saturated heterocycles. The third kappa shape index (κ3) is 4.20. The van der Waals surface area contributed by atoms with E-state index in [9.17, 15) is 5.11 Å². The third-order valence-corrected chi connectivity index (χ3v) is 4.41. The fourth-order valence-corrected chi connectivity index (χ4v) is 3.03. The third-order valence-electron chi connectivity index (χ3n) is 4.41. The molecule has 0 unspecified atom stereocenters. The second-order valence-corrected chi connectivity index (χ2v) is 6.57. The van der Waals surface area contributed by atoms with E-state index < -0.39 is 0 Å². The first-order valence-corrected chi connectivity index (χ1v) is 8.97. The molecule has 25 heavy (non-hydrogen) atoms. The lowest BCUT2D eigenvalue weighted by atomic mass is 10.0. The number of benzene rings is 2. The van der Waals surface area contributed by atoms with Crippen molar-refractivity contribution in [2.45, 2.75) is 39.2 Å². The van der Waals surface area contributed by atoms with Crippen molar-refractivity contribution in [1.29, 1.82) is 0 Å². The Morgan fingerprint density at radius 1 is 1.08 bits per heavy atom. The van der Waals surface area contributed by atoms with Crippen molar-refractivity contribution in [2.75, 3.05) is 13.2 Å². The maximum atomic E-state index is 9.27. The van der Waals surface area contributed by atoms with Crippen LogP contribution in [-0.2, 0) is 13.0 Å². The Bertz CT molecular complexity index is 806. The van der Waals surface area contributed by atoms with Gasteiger partial charge in [-0.1, -0.05) is 38.1 Å². The van der Waals surface area contributed by atoms with Crippen LogP contribution in [-0.4, -0.2) is 27.9 Å². The summed E-state index contributed by atoms with van der Waals surface area (Å²) in [6.45, 7) is 5.98. The monoisotopic (exact) mass is 338 g/mol. The second-order valence-electron chi connectivity index (χ2n) is 6.57. The Labute approximate surface area is 149 Å². The molecule has 2 aromatic carbocycles. The number of para-hydroxylation sites is 2. The number of nitrogens with zero attached hydrogens (tertiary/aromatic N) is 2. The van der Waals surface area contributed by atoms with Crippen molar-refractivity contribution in [1.82, 2.24) is 9.55 Å². The molecular formula is C21H26N2O2. The van der Waals surface area contributed by atoms with Crippen molar-refractivity contribution in [3.05, 3.63) is 59.9 Å². The van der Waals surface area contributed by atoms with Gasteiger partial charge in [0.05, 0.1) is 24.2 Å². The van der Waals surface area contributed by atoms with Crippen molar-refractivity contribution in [3.8, 4) is 5.75 Å². The molecule has 1 heterocycles. The van der Waals surface area contributed by atoms with E-state index in [4.69, 9.17) is 4.74 Å². The number of fused-ring (bicyclic) bond motifs is 1. The van der Waals surface area contributed by atoms with E-state index in [1.54, 1.807) is 0 Å². The number of aryl methyl sites for hydroxylation is 1. The predicted molar refractivity (Wildman–Crippen MR) is 101 cm³/mol. The molecule has 3 rings (SSSR count). The zero-order valence-corrected chi connectivity index (χ0v) is 15.0. The minimum Gasteiger partial charge on any atom is -0.494 e. The summed E-state index contributed by atoms with van der Waals surface area (Å²) in [5, 5.41) is 9.27. The number of imidazole rings is 1. The summed E-state index contributed by atoms with van der Waals surface area (Å²) in [6, 6.07) is 16.4. The molecule has 0 aliphatic rings. The minimum absolute atomic E-state index is 0.113. The molecule has 3 aromatic rings. The average molecular weight is 338 g/mol. The highest BCUT2D eigenvalue weighted by Crippen LogP contribution is 2.19. The van der Waals surface area contributed by atoms with Gasteiger partial charge in [0.25, 0.3) is 0 Å². The highest BCUT2D eigenvalue weighted by molar-refractivity contribution is 5.75. The fraction of sp³-hybridized carbons (Fsp3) is 0.381. The van der Waals surface area contributed by atoms with E-state index in [0.717, 1.165) is 35.6 Å². The first kappa shape index (κ1) is 17.5. The Hall–Kier alpha value is -2.33. The first-order chi connectivity index (χ1) is 12.2. The molecule has 4 nitrogen and oxygen atoms in total. The number of rotatable bonds is 8. The van der Waals surface area contributed by atoms with Gasteiger partial charge in [-0.05, 0) is 42.2 Å². The fourth-order valence-electron chi connectivity index (χ4n) is 3.03. The highest BCUT2D eigenvalue weighted by atomic mass is 16.5. The lowest BCUT2D eigenvalue weighted by Crippen LogP contribution is -2.09. The largest absolute Gasteiger partial charge is 0.494 e. The van der Waals surface area contributed by atoms with Gasteiger partial charge in [-0.25, -0.2) is 4.98 Å². The Morgan fingerprint density at radius 2 is 1.84 bits per heavy atom. The van der Waals surface area contributed by atoms with E-state index in [1.807, 2.05) is 30.3 Å². The highest BCUT2D eigenvalue weighted by Gasteiger charge is 2.09. The van der Waals surface area contributed by atoms with Crippen molar-refractivity contribution in [3.63, 3.8) is 0 Å². The summed E-state index contributed by atoms with van der Waals surface area (Å²) < 4.78 is 8.06. The average Bonchev–Trinajstić information content (AvgIpc) is 2.97. The van der Waals surface area contributed by atoms with Crippen LogP contribution in [0.15, 0.2) is 48.5 Å². The van der Waals surface area contributed by atoms with Crippen molar-refractivity contribution in [2.24, 2.45) is 0 Å². The molecule has 0 bridgehead atoms. The quantitative estimate of drug-likeness (QED) is 0.627. The van der Waals surface area contributed by atoms with Gasteiger partial charge in [0.2, 0.25) is 0 Å². The second kappa shape index (κ2) is 8.17. The standard InChI is InChI=1S/C21H26N2O2/c1-16(2)17-8-10-18(11-9-17)25-15-5-13-23-20-7-4-3-6-19(20)22-21(23)12-14-24/h3-4,6-11,16,24H,5,12-15H2,1-2H3. The van der Waals surface area contributed by atoms with E-state index in [1.165, 1.54) is 5.56 Å². The van der Waals surface area contributed by atoms with Gasteiger partial charge in [-0.15, -0.1) is 0 Å². The van der Waals surface area contributed by atoms with Gasteiger partial charge >= 0.3 is 0 Å².